The van der Waals surface area contributed by atoms with Gasteiger partial charge in [0.1, 0.15) is 6.07 Å². The molecule has 2 aromatic rings. The van der Waals surface area contributed by atoms with Crippen molar-refractivity contribution in [3.63, 3.8) is 0 Å². The molecule has 0 unspecified atom stereocenters. The molecular weight excluding hydrogens is 318 g/mol. The van der Waals surface area contributed by atoms with Crippen LogP contribution in [-0.2, 0) is 0 Å². The number of nitro groups is 2. The van der Waals surface area contributed by atoms with Crippen molar-refractivity contribution >= 4 is 34.1 Å². The number of nitrogens with zero attached hydrogens (tertiary/aromatic N) is 3. The number of nitriles is 1. The number of nitro benzene ring substituents is 2. The van der Waals surface area contributed by atoms with Gasteiger partial charge in [0.25, 0.3) is 0 Å². The van der Waals surface area contributed by atoms with E-state index in [0.717, 1.165) is 12.1 Å². The summed E-state index contributed by atoms with van der Waals surface area (Å²) < 4.78 is 0. The fourth-order valence-corrected chi connectivity index (χ4v) is 1.62. The standard InChI is InChI=1S/C7H7N3.C6H6N4O4/c8-4-5-3-6(9)1-2-7(5)10;7-3-1-4(9(11)12)6(8)5(2-3)10(13)14/h1-3H,9-10H2;1-2H,7-8H2. The Kier molecular flexibility index (Phi) is 5.45. The fourth-order valence-electron chi connectivity index (χ4n) is 1.62. The third-order valence-corrected chi connectivity index (χ3v) is 2.75. The van der Waals surface area contributed by atoms with Crippen LogP contribution in [0.2, 0.25) is 0 Å². The average molecular weight is 331 g/mol. The van der Waals surface area contributed by atoms with Crippen molar-refractivity contribution in [2.24, 2.45) is 0 Å². The SMILES string of the molecule is N#Cc1cc(N)ccc1N.Nc1cc([N+](=O)[O-])c(N)c([N+](=O)[O-])c1. The van der Waals surface area contributed by atoms with E-state index in [1.807, 2.05) is 6.07 Å². The van der Waals surface area contributed by atoms with Crippen LogP contribution in [0.3, 0.4) is 0 Å². The zero-order valence-electron chi connectivity index (χ0n) is 12.2. The molecule has 2 aromatic carbocycles. The van der Waals surface area contributed by atoms with E-state index in [4.69, 9.17) is 28.2 Å². The number of hydrogen-bond donors (Lipinski definition) is 4. The van der Waals surface area contributed by atoms with E-state index in [0.29, 0.717) is 16.9 Å². The van der Waals surface area contributed by atoms with E-state index in [9.17, 15) is 20.2 Å². The van der Waals surface area contributed by atoms with Crippen LogP contribution in [0.25, 0.3) is 0 Å². The fraction of sp³-hybridized carbons (Fsp3) is 0. The van der Waals surface area contributed by atoms with Gasteiger partial charge in [0.2, 0.25) is 0 Å². The molecule has 0 heterocycles. The molecule has 124 valence electrons. The Morgan fingerprint density at radius 1 is 0.875 bits per heavy atom. The molecule has 0 saturated heterocycles. The molecule has 8 N–H and O–H groups in total. The van der Waals surface area contributed by atoms with Crippen molar-refractivity contribution in [2.45, 2.75) is 0 Å². The highest BCUT2D eigenvalue weighted by molar-refractivity contribution is 5.75. The summed E-state index contributed by atoms with van der Waals surface area (Å²) in [4.78, 5) is 19.2. The predicted octanol–water partition coefficient (Wildman–Crippen LogP) is 1.39. The van der Waals surface area contributed by atoms with Gasteiger partial charge in [-0.2, -0.15) is 5.26 Å². The van der Waals surface area contributed by atoms with Gasteiger partial charge in [0, 0.05) is 29.2 Å². The number of nitrogen functional groups attached to an aromatic ring is 4. The van der Waals surface area contributed by atoms with Crippen molar-refractivity contribution in [1.29, 1.82) is 5.26 Å². The Hall–Kier alpha value is -4.07. The minimum Gasteiger partial charge on any atom is -0.399 e. The summed E-state index contributed by atoms with van der Waals surface area (Å²) in [5.74, 6) is 0. The molecule has 0 spiro atoms. The second-order valence-corrected chi connectivity index (χ2v) is 4.45. The topological polar surface area (TPSA) is 214 Å². The molecule has 0 amide bonds. The van der Waals surface area contributed by atoms with E-state index in [2.05, 4.69) is 0 Å². The summed E-state index contributed by atoms with van der Waals surface area (Å²) in [6.45, 7) is 0. The smallest absolute Gasteiger partial charge is 0.301 e. The highest BCUT2D eigenvalue weighted by Gasteiger charge is 2.23. The minimum atomic E-state index is -0.821. The third-order valence-electron chi connectivity index (χ3n) is 2.75. The number of hydrogen-bond acceptors (Lipinski definition) is 9. The van der Waals surface area contributed by atoms with Gasteiger partial charge in [-0.1, -0.05) is 0 Å². The van der Waals surface area contributed by atoms with Gasteiger partial charge in [-0.05, 0) is 18.2 Å². The van der Waals surface area contributed by atoms with E-state index in [1.54, 1.807) is 18.2 Å². The molecule has 24 heavy (non-hydrogen) atoms. The van der Waals surface area contributed by atoms with Gasteiger partial charge in [0.15, 0.2) is 5.69 Å². The van der Waals surface area contributed by atoms with E-state index < -0.39 is 26.9 Å². The quantitative estimate of drug-likeness (QED) is 0.354. The molecule has 0 aliphatic heterocycles. The van der Waals surface area contributed by atoms with Gasteiger partial charge in [0.05, 0.1) is 15.4 Å². The van der Waals surface area contributed by atoms with Crippen molar-refractivity contribution in [3.8, 4) is 6.07 Å². The Bertz CT molecular complexity index is 810. The molecule has 0 aliphatic rings. The van der Waals surface area contributed by atoms with E-state index in [-0.39, 0.29) is 5.69 Å². The van der Waals surface area contributed by atoms with Crippen LogP contribution in [0, 0.1) is 31.6 Å². The van der Waals surface area contributed by atoms with Gasteiger partial charge >= 0.3 is 11.4 Å². The van der Waals surface area contributed by atoms with Gasteiger partial charge in [-0.3, -0.25) is 20.2 Å². The molecule has 0 saturated carbocycles. The maximum atomic E-state index is 10.4. The molecule has 0 aromatic heterocycles. The Balaban J connectivity index is 0.000000254. The molecular formula is C13H13N7O4. The van der Waals surface area contributed by atoms with Crippen molar-refractivity contribution in [3.05, 3.63) is 56.1 Å². The van der Waals surface area contributed by atoms with Gasteiger partial charge in [-0.15, -0.1) is 0 Å². The minimum absolute atomic E-state index is 0.0717. The Labute approximate surface area is 135 Å². The monoisotopic (exact) mass is 331 g/mol. The summed E-state index contributed by atoms with van der Waals surface area (Å²) in [5, 5.41) is 29.2. The second kappa shape index (κ2) is 7.27. The molecule has 11 heteroatoms. The second-order valence-electron chi connectivity index (χ2n) is 4.45. The third kappa shape index (κ3) is 4.21. The summed E-state index contributed by atoms with van der Waals surface area (Å²) in [6.07, 6.45) is 0. The van der Waals surface area contributed by atoms with Crippen LogP contribution in [0.5, 0.6) is 0 Å². The van der Waals surface area contributed by atoms with Crippen LogP contribution >= 0.6 is 0 Å². The summed E-state index contributed by atoms with van der Waals surface area (Å²) in [5.41, 5.74) is 21.1. The first-order chi connectivity index (χ1) is 11.2. The van der Waals surface area contributed by atoms with Crippen LogP contribution in [0.15, 0.2) is 30.3 Å². The summed E-state index contributed by atoms with van der Waals surface area (Å²) in [6, 6.07) is 8.71. The molecule has 0 bridgehead atoms. The van der Waals surface area contributed by atoms with Crippen molar-refractivity contribution < 1.29 is 9.85 Å². The maximum absolute atomic E-state index is 10.4. The average Bonchev–Trinajstić information content (AvgIpc) is 2.51. The molecule has 0 radical (unpaired) electrons. The lowest BCUT2D eigenvalue weighted by Crippen LogP contribution is -2.02. The van der Waals surface area contributed by atoms with Gasteiger partial charge in [-0.25, -0.2) is 0 Å². The molecule has 0 aliphatic carbocycles. The van der Waals surface area contributed by atoms with E-state index >= 15 is 0 Å². The number of anilines is 4. The highest BCUT2D eigenvalue weighted by atomic mass is 16.6. The zero-order valence-corrected chi connectivity index (χ0v) is 12.2. The van der Waals surface area contributed by atoms with Crippen LogP contribution < -0.4 is 22.9 Å². The van der Waals surface area contributed by atoms with E-state index in [1.165, 1.54) is 0 Å². The number of benzene rings is 2. The lowest BCUT2D eigenvalue weighted by atomic mass is 10.2. The lowest BCUT2D eigenvalue weighted by Gasteiger charge is -1.99. The highest BCUT2D eigenvalue weighted by Crippen LogP contribution is 2.33. The molecule has 2 rings (SSSR count). The first kappa shape index (κ1) is 18.0. The summed E-state index contributed by atoms with van der Waals surface area (Å²) >= 11 is 0. The van der Waals surface area contributed by atoms with Crippen LogP contribution in [0.1, 0.15) is 5.56 Å². The first-order valence-electron chi connectivity index (χ1n) is 6.20. The Morgan fingerprint density at radius 2 is 1.38 bits per heavy atom. The first-order valence-corrected chi connectivity index (χ1v) is 6.20. The normalized spacial score (nSPS) is 9.29. The molecule has 11 nitrogen and oxygen atoms in total. The number of rotatable bonds is 2. The van der Waals surface area contributed by atoms with Crippen LogP contribution in [0.4, 0.5) is 34.1 Å². The number of nitrogens with two attached hydrogens (primary N) is 4. The molecule has 0 atom stereocenters. The lowest BCUT2D eigenvalue weighted by molar-refractivity contribution is -0.392. The van der Waals surface area contributed by atoms with Crippen LogP contribution in [-0.4, -0.2) is 9.85 Å². The molecule has 0 fully saturated rings. The van der Waals surface area contributed by atoms with Crippen molar-refractivity contribution in [2.75, 3.05) is 22.9 Å². The summed E-state index contributed by atoms with van der Waals surface area (Å²) in [7, 11) is 0. The van der Waals surface area contributed by atoms with Gasteiger partial charge < -0.3 is 22.9 Å². The Morgan fingerprint density at radius 3 is 1.75 bits per heavy atom. The predicted molar refractivity (Wildman–Crippen MR) is 88.6 cm³/mol. The maximum Gasteiger partial charge on any atom is 0.301 e. The largest absolute Gasteiger partial charge is 0.399 e. The zero-order chi connectivity index (χ0) is 18.4. The van der Waals surface area contributed by atoms with Crippen molar-refractivity contribution in [1.82, 2.24) is 0 Å².